The highest BCUT2D eigenvalue weighted by atomic mass is 16.5. The molecule has 0 aliphatic heterocycles. The molecule has 0 bridgehead atoms. The average molecular weight is 270 g/mol. The highest BCUT2D eigenvalue weighted by Crippen LogP contribution is 2.36. The summed E-state index contributed by atoms with van der Waals surface area (Å²) >= 11 is 0. The van der Waals surface area contributed by atoms with Crippen molar-refractivity contribution in [3.63, 3.8) is 0 Å². The van der Waals surface area contributed by atoms with Gasteiger partial charge in [0.25, 0.3) is 0 Å². The molecule has 20 heavy (non-hydrogen) atoms. The Labute approximate surface area is 118 Å². The first-order chi connectivity index (χ1) is 9.75. The highest BCUT2D eigenvalue weighted by molar-refractivity contribution is 5.44. The Bertz CT molecular complexity index is 580. The van der Waals surface area contributed by atoms with Crippen LogP contribution in [0.15, 0.2) is 48.5 Å². The van der Waals surface area contributed by atoms with Crippen molar-refractivity contribution in [2.75, 3.05) is 6.61 Å². The van der Waals surface area contributed by atoms with Crippen molar-refractivity contribution in [2.45, 2.75) is 25.0 Å². The second-order valence-electron chi connectivity index (χ2n) is 5.12. The predicted octanol–water partition coefficient (Wildman–Crippen LogP) is 2.78. The van der Waals surface area contributed by atoms with E-state index in [1.807, 2.05) is 48.5 Å². The molecule has 2 aromatic carbocycles. The fraction of sp³-hybridized carbons (Fsp3) is 0.294. The van der Waals surface area contributed by atoms with Crippen molar-refractivity contribution < 1.29 is 14.9 Å². The molecule has 2 atom stereocenters. The van der Waals surface area contributed by atoms with Gasteiger partial charge in [-0.3, -0.25) is 0 Å². The molecule has 0 saturated heterocycles. The summed E-state index contributed by atoms with van der Waals surface area (Å²) < 4.78 is 5.75. The molecule has 2 aromatic rings. The number of aliphatic hydroxyl groups excluding tert-OH is 2. The van der Waals surface area contributed by atoms with E-state index >= 15 is 0 Å². The van der Waals surface area contributed by atoms with E-state index in [-0.39, 0.29) is 12.7 Å². The summed E-state index contributed by atoms with van der Waals surface area (Å²) in [6, 6.07) is 15.2. The van der Waals surface area contributed by atoms with Gasteiger partial charge >= 0.3 is 0 Å². The molecule has 0 radical (unpaired) electrons. The number of hydrogen-bond donors (Lipinski definition) is 2. The summed E-state index contributed by atoms with van der Waals surface area (Å²) in [5.41, 5.74) is 2.87. The van der Waals surface area contributed by atoms with Crippen molar-refractivity contribution in [3.8, 4) is 5.75 Å². The zero-order valence-electron chi connectivity index (χ0n) is 11.2. The van der Waals surface area contributed by atoms with Crippen LogP contribution in [0.3, 0.4) is 0 Å². The third kappa shape index (κ3) is 2.55. The molecule has 1 aliphatic carbocycles. The van der Waals surface area contributed by atoms with Gasteiger partial charge in [0, 0.05) is 5.56 Å². The van der Waals surface area contributed by atoms with E-state index < -0.39 is 6.10 Å². The first-order valence-corrected chi connectivity index (χ1v) is 6.91. The third-order valence-corrected chi connectivity index (χ3v) is 3.78. The first-order valence-electron chi connectivity index (χ1n) is 6.91. The summed E-state index contributed by atoms with van der Waals surface area (Å²) in [6.07, 6.45) is 0.552. The zero-order chi connectivity index (χ0) is 13.9. The minimum absolute atomic E-state index is 0.219. The van der Waals surface area contributed by atoms with Crippen molar-refractivity contribution in [2.24, 2.45) is 0 Å². The molecule has 3 rings (SSSR count). The second kappa shape index (κ2) is 5.65. The van der Waals surface area contributed by atoms with Gasteiger partial charge in [-0.15, -0.1) is 0 Å². The Morgan fingerprint density at radius 2 is 1.90 bits per heavy atom. The normalized spacial score (nSPS) is 18.6. The lowest BCUT2D eigenvalue weighted by atomic mass is 10.1. The molecule has 2 unspecified atom stereocenters. The minimum Gasteiger partial charge on any atom is -0.490 e. The largest absolute Gasteiger partial charge is 0.490 e. The molecule has 2 N–H and O–H groups in total. The molecule has 3 heteroatoms. The van der Waals surface area contributed by atoms with E-state index in [0.717, 1.165) is 35.3 Å². The van der Waals surface area contributed by atoms with Crippen LogP contribution in [-0.2, 0) is 6.42 Å². The van der Waals surface area contributed by atoms with Crippen molar-refractivity contribution >= 4 is 0 Å². The molecule has 0 fully saturated rings. The second-order valence-corrected chi connectivity index (χ2v) is 5.12. The lowest BCUT2D eigenvalue weighted by Gasteiger charge is -2.15. The molecule has 0 spiro atoms. The fourth-order valence-corrected chi connectivity index (χ4v) is 2.67. The van der Waals surface area contributed by atoms with E-state index in [1.54, 1.807) is 0 Å². The fourth-order valence-electron chi connectivity index (χ4n) is 2.67. The van der Waals surface area contributed by atoms with Crippen LogP contribution < -0.4 is 4.74 Å². The van der Waals surface area contributed by atoms with Crippen molar-refractivity contribution in [3.05, 3.63) is 65.2 Å². The van der Waals surface area contributed by atoms with Crippen LogP contribution in [0, 0.1) is 0 Å². The number of ether oxygens (including phenoxy) is 1. The summed E-state index contributed by atoms with van der Waals surface area (Å²) in [5, 5.41) is 20.0. The Morgan fingerprint density at radius 1 is 1.10 bits per heavy atom. The average Bonchev–Trinajstić information content (AvgIpc) is 2.88. The number of aliphatic hydroxyl groups is 2. The van der Waals surface area contributed by atoms with Crippen LogP contribution in [0.1, 0.15) is 35.3 Å². The van der Waals surface area contributed by atoms with Crippen LogP contribution in [0.25, 0.3) is 0 Å². The number of fused-ring (bicyclic) bond motifs is 1. The summed E-state index contributed by atoms with van der Waals surface area (Å²) in [7, 11) is 0. The number of benzene rings is 2. The van der Waals surface area contributed by atoms with Crippen molar-refractivity contribution in [1.29, 1.82) is 0 Å². The maximum absolute atomic E-state index is 10.1. The van der Waals surface area contributed by atoms with E-state index in [0.29, 0.717) is 0 Å². The predicted molar refractivity (Wildman–Crippen MR) is 76.6 cm³/mol. The van der Waals surface area contributed by atoms with E-state index in [1.165, 1.54) is 0 Å². The Balaban J connectivity index is 1.71. The van der Waals surface area contributed by atoms with Gasteiger partial charge in [-0.05, 0) is 30.0 Å². The van der Waals surface area contributed by atoms with Gasteiger partial charge in [0.1, 0.15) is 18.5 Å². The van der Waals surface area contributed by atoms with Gasteiger partial charge in [0.05, 0.1) is 6.10 Å². The third-order valence-electron chi connectivity index (χ3n) is 3.78. The standard InChI is InChI=1S/C17H18O3/c18-15-10-9-14-13(15)7-4-8-17(14)20-11-16(19)12-5-2-1-3-6-12/h1-8,15-16,18-19H,9-11H2. The molecule has 0 saturated carbocycles. The number of hydrogen-bond acceptors (Lipinski definition) is 3. The maximum Gasteiger partial charge on any atom is 0.123 e. The number of rotatable bonds is 4. The van der Waals surface area contributed by atoms with E-state index in [2.05, 4.69) is 0 Å². The van der Waals surface area contributed by atoms with Crippen molar-refractivity contribution in [1.82, 2.24) is 0 Å². The molecular weight excluding hydrogens is 252 g/mol. The SMILES string of the molecule is OC(COc1cccc2c1CCC2O)c1ccccc1. The molecular formula is C17H18O3. The van der Waals surface area contributed by atoms with Crippen LogP contribution in [0.4, 0.5) is 0 Å². The Hall–Kier alpha value is -1.84. The molecule has 0 heterocycles. The Kier molecular flexibility index (Phi) is 3.72. The summed E-state index contributed by atoms with van der Waals surface area (Å²) in [5.74, 6) is 0.772. The maximum atomic E-state index is 10.1. The van der Waals surface area contributed by atoms with Crippen LogP contribution in [0.2, 0.25) is 0 Å². The van der Waals surface area contributed by atoms with E-state index in [4.69, 9.17) is 4.74 Å². The minimum atomic E-state index is -0.640. The Morgan fingerprint density at radius 3 is 2.70 bits per heavy atom. The smallest absolute Gasteiger partial charge is 0.123 e. The quantitative estimate of drug-likeness (QED) is 0.898. The van der Waals surface area contributed by atoms with Gasteiger partial charge in [0.15, 0.2) is 0 Å². The van der Waals surface area contributed by atoms with Gasteiger partial charge in [-0.25, -0.2) is 0 Å². The lowest BCUT2D eigenvalue weighted by molar-refractivity contribution is 0.107. The summed E-state index contributed by atoms with van der Waals surface area (Å²) in [4.78, 5) is 0. The molecule has 104 valence electrons. The zero-order valence-corrected chi connectivity index (χ0v) is 11.2. The molecule has 0 amide bonds. The molecule has 1 aliphatic rings. The topological polar surface area (TPSA) is 49.7 Å². The van der Waals surface area contributed by atoms with Gasteiger partial charge in [-0.1, -0.05) is 42.5 Å². The summed E-state index contributed by atoms with van der Waals surface area (Å²) in [6.45, 7) is 0.219. The van der Waals surface area contributed by atoms with Crippen LogP contribution in [-0.4, -0.2) is 16.8 Å². The van der Waals surface area contributed by atoms with Crippen LogP contribution in [0.5, 0.6) is 5.75 Å². The molecule has 3 nitrogen and oxygen atoms in total. The first kappa shape index (κ1) is 13.2. The van der Waals surface area contributed by atoms with E-state index in [9.17, 15) is 10.2 Å². The monoisotopic (exact) mass is 270 g/mol. The van der Waals surface area contributed by atoms with Gasteiger partial charge < -0.3 is 14.9 Å². The highest BCUT2D eigenvalue weighted by Gasteiger charge is 2.23. The lowest BCUT2D eigenvalue weighted by Crippen LogP contribution is -2.10. The van der Waals surface area contributed by atoms with Gasteiger partial charge in [-0.2, -0.15) is 0 Å². The van der Waals surface area contributed by atoms with Crippen LogP contribution >= 0.6 is 0 Å². The molecule has 0 aromatic heterocycles. The van der Waals surface area contributed by atoms with Gasteiger partial charge in [0.2, 0.25) is 0 Å².